The lowest BCUT2D eigenvalue weighted by Crippen LogP contribution is -2.66. The zero-order valence-corrected chi connectivity index (χ0v) is 11.8. The van der Waals surface area contributed by atoms with Gasteiger partial charge in [0.15, 0.2) is 0 Å². The first-order chi connectivity index (χ1) is 8.95. The van der Waals surface area contributed by atoms with Gasteiger partial charge in [-0.3, -0.25) is 14.7 Å². The van der Waals surface area contributed by atoms with Crippen LogP contribution in [0.1, 0.15) is 19.4 Å². The lowest BCUT2D eigenvalue weighted by Gasteiger charge is -2.49. The Morgan fingerprint density at radius 1 is 1.53 bits per heavy atom. The summed E-state index contributed by atoms with van der Waals surface area (Å²) in [7, 11) is 1.97. The molecule has 1 saturated heterocycles. The summed E-state index contributed by atoms with van der Waals surface area (Å²) in [6.45, 7) is 5.92. The number of carbonyl (C=O) groups excluding carboxylic acids is 1. The van der Waals surface area contributed by atoms with Crippen molar-refractivity contribution < 1.29 is 4.79 Å². The van der Waals surface area contributed by atoms with E-state index in [1.807, 2.05) is 24.1 Å². The Kier molecular flexibility index (Phi) is 3.87. The maximum absolute atomic E-state index is 12.4. The summed E-state index contributed by atoms with van der Waals surface area (Å²) in [5.41, 5.74) is 6.74. The van der Waals surface area contributed by atoms with E-state index in [0.29, 0.717) is 19.6 Å². The molecule has 5 heteroatoms. The van der Waals surface area contributed by atoms with Crippen LogP contribution >= 0.6 is 0 Å². The molecular formula is C14H22N4O. The average Bonchev–Trinajstić information content (AvgIpc) is 2.38. The van der Waals surface area contributed by atoms with E-state index < -0.39 is 0 Å². The maximum atomic E-state index is 12.4. The SMILES string of the molecule is CN1C(CN)C(=O)N(Cc2cccnc2)CC1(C)C. The number of rotatable bonds is 3. The van der Waals surface area contributed by atoms with Crippen molar-refractivity contribution in [2.75, 3.05) is 20.1 Å². The lowest BCUT2D eigenvalue weighted by molar-refractivity contribution is -0.148. The van der Waals surface area contributed by atoms with Gasteiger partial charge < -0.3 is 10.6 Å². The van der Waals surface area contributed by atoms with Crippen molar-refractivity contribution in [1.82, 2.24) is 14.8 Å². The summed E-state index contributed by atoms with van der Waals surface area (Å²) in [4.78, 5) is 20.5. The minimum Gasteiger partial charge on any atom is -0.335 e. The van der Waals surface area contributed by atoms with Gasteiger partial charge in [0.2, 0.25) is 5.91 Å². The summed E-state index contributed by atoms with van der Waals surface area (Å²) >= 11 is 0. The van der Waals surface area contributed by atoms with E-state index in [-0.39, 0.29) is 17.5 Å². The second-order valence-electron chi connectivity index (χ2n) is 5.73. The van der Waals surface area contributed by atoms with Crippen molar-refractivity contribution >= 4 is 5.91 Å². The van der Waals surface area contributed by atoms with Crippen LogP contribution < -0.4 is 5.73 Å². The molecule has 1 amide bonds. The summed E-state index contributed by atoms with van der Waals surface area (Å²) in [5.74, 6) is 0.105. The van der Waals surface area contributed by atoms with E-state index in [4.69, 9.17) is 5.73 Å². The third kappa shape index (κ3) is 2.77. The zero-order valence-electron chi connectivity index (χ0n) is 11.8. The van der Waals surface area contributed by atoms with Crippen LogP contribution in [-0.4, -0.2) is 52.4 Å². The van der Waals surface area contributed by atoms with Gasteiger partial charge in [0, 0.05) is 37.6 Å². The molecule has 1 aliphatic rings. The van der Waals surface area contributed by atoms with Gasteiger partial charge in [-0.2, -0.15) is 0 Å². The second-order valence-corrected chi connectivity index (χ2v) is 5.73. The first kappa shape index (κ1) is 14.0. The van der Waals surface area contributed by atoms with Crippen molar-refractivity contribution in [2.45, 2.75) is 32.0 Å². The van der Waals surface area contributed by atoms with Gasteiger partial charge >= 0.3 is 0 Å². The van der Waals surface area contributed by atoms with Crippen LogP contribution in [0.4, 0.5) is 0 Å². The highest BCUT2D eigenvalue weighted by Crippen LogP contribution is 2.25. The minimum absolute atomic E-state index is 0.0693. The van der Waals surface area contributed by atoms with Gasteiger partial charge in [-0.1, -0.05) is 6.07 Å². The van der Waals surface area contributed by atoms with Gasteiger partial charge in [0.1, 0.15) is 6.04 Å². The number of pyridine rings is 1. The van der Waals surface area contributed by atoms with Crippen LogP contribution in [0.5, 0.6) is 0 Å². The lowest BCUT2D eigenvalue weighted by atomic mass is 9.94. The molecular weight excluding hydrogens is 240 g/mol. The molecule has 2 N–H and O–H groups in total. The highest BCUT2D eigenvalue weighted by molar-refractivity contribution is 5.83. The fourth-order valence-corrected chi connectivity index (χ4v) is 2.56. The van der Waals surface area contributed by atoms with Gasteiger partial charge in [-0.25, -0.2) is 0 Å². The van der Waals surface area contributed by atoms with Crippen LogP contribution in [-0.2, 0) is 11.3 Å². The molecule has 0 saturated carbocycles. The van der Waals surface area contributed by atoms with Crippen LogP contribution in [0.3, 0.4) is 0 Å². The fourth-order valence-electron chi connectivity index (χ4n) is 2.56. The van der Waals surface area contributed by atoms with Gasteiger partial charge in [-0.05, 0) is 32.5 Å². The molecule has 1 unspecified atom stereocenters. The first-order valence-electron chi connectivity index (χ1n) is 6.56. The molecule has 1 aromatic rings. The van der Waals surface area contributed by atoms with Crippen LogP contribution in [0.2, 0.25) is 0 Å². The number of piperazine rings is 1. The highest BCUT2D eigenvalue weighted by Gasteiger charge is 2.42. The van der Waals surface area contributed by atoms with E-state index >= 15 is 0 Å². The van der Waals surface area contributed by atoms with Gasteiger partial charge in [0.25, 0.3) is 0 Å². The zero-order chi connectivity index (χ0) is 14.0. The van der Waals surface area contributed by atoms with Crippen molar-refractivity contribution in [3.63, 3.8) is 0 Å². The number of amides is 1. The first-order valence-corrected chi connectivity index (χ1v) is 6.56. The maximum Gasteiger partial charge on any atom is 0.241 e. The Morgan fingerprint density at radius 2 is 2.26 bits per heavy atom. The molecule has 104 valence electrons. The standard InChI is InChI=1S/C14H22N4O/c1-14(2)10-18(9-11-5-4-6-16-8-11)13(19)12(7-15)17(14)3/h4-6,8,12H,7,9-10,15H2,1-3H3. The van der Waals surface area contributed by atoms with Crippen molar-refractivity contribution in [1.29, 1.82) is 0 Å². The van der Waals surface area contributed by atoms with Crippen molar-refractivity contribution in [2.24, 2.45) is 5.73 Å². The molecule has 1 aliphatic heterocycles. The summed E-state index contributed by atoms with van der Waals surface area (Å²) in [6.07, 6.45) is 3.54. The third-order valence-corrected chi connectivity index (χ3v) is 3.92. The summed E-state index contributed by atoms with van der Waals surface area (Å²) in [5, 5.41) is 0. The highest BCUT2D eigenvalue weighted by atomic mass is 16.2. The van der Waals surface area contributed by atoms with Gasteiger partial charge in [0.05, 0.1) is 0 Å². The number of hydrogen-bond acceptors (Lipinski definition) is 4. The number of nitrogens with zero attached hydrogens (tertiary/aromatic N) is 3. The number of hydrogen-bond donors (Lipinski definition) is 1. The van der Waals surface area contributed by atoms with Crippen molar-refractivity contribution in [3.05, 3.63) is 30.1 Å². The minimum atomic E-state index is -0.236. The van der Waals surface area contributed by atoms with Crippen LogP contribution in [0.15, 0.2) is 24.5 Å². The molecule has 5 nitrogen and oxygen atoms in total. The molecule has 0 aromatic carbocycles. The monoisotopic (exact) mass is 262 g/mol. The Labute approximate surface area is 114 Å². The van der Waals surface area contributed by atoms with E-state index in [1.165, 1.54) is 0 Å². The number of aromatic nitrogens is 1. The molecule has 0 spiro atoms. The second kappa shape index (κ2) is 5.27. The molecule has 1 aromatic heterocycles. The molecule has 1 fully saturated rings. The molecule has 2 heterocycles. The summed E-state index contributed by atoms with van der Waals surface area (Å²) < 4.78 is 0. The molecule has 1 atom stereocenters. The Hall–Kier alpha value is -1.46. The van der Waals surface area contributed by atoms with Crippen LogP contribution in [0, 0.1) is 0 Å². The van der Waals surface area contributed by atoms with Crippen LogP contribution in [0.25, 0.3) is 0 Å². The largest absolute Gasteiger partial charge is 0.335 e. The molecule has 0 bridgehead atoms. The quantitative estimate of drug-likeness (QED) is 0.859. The molecule has 2 rings (SSSR count). The van der Waals surface area contributed by atoms with Crippen molar-refractivity contribution in [3.8, 4) is 0 Å². The number of nitrogens with two attached hydrogens (primary N) is 1. The van der Waals surface area contributed by atoms with E-state index in [9.17, 15) is 4.79 Å². The Bertz CT molecular complexity index is 446. The number of carbonyl (C=O) groups is 1. The average molecular weight is 262 g/mol. The smallest absolute Gasteiger partial charge is 0.241 e. The molecule has 0 aliphatic carbocycles. The Morgan fingerprint density at radius 3 is 2.84 bits per heavy atom. The molecule has 19 heavy (non-hydrogen) atoms. The predicted molar refractivity (Wildman–Crippen MR) is 74.3 cm³/mol. The summed E-state index contributed by atoms with van der Waals surface area (Å²) in [6, 6.07) is 3.64. The molecule has 0 radical (unpaired) electrons. The Balaban J connectivity index is 2.19. The van der Waals surface area contributed by atoms with E-state index in [2.05, 4.69) is 23.7 Å². The predicted octanol–water partition coefficient (Wildman–Crippen LogP) is 0.462. The third-order valence-electron chi connectivity index (χ3n) is 3.92. The van der Waals surface area contributed by atoms with Gasteiger partial charge in [-0.15, -0.1) is 0 Å². The van der Waals surface area contributed by atoms with E-state index in [1.54, 1.807) is 12.4 Å². The fraction of sp³-hybridized carbons (Fsp3) is 0.571. The topological polar surface area (TPSA) is 62.5 Å². The van der Waals surface area contributed by atoms with E-state index in [0.717, 1.165) is 5.56 Å². The normalized spacial score (nSPS) is 23.7. The number of likely N-dealkylation sites (N-methyl/N-ethyl adjacent to an activating group) is 1.